The van der Waals surface area contributed by atoms with E-state index in [0.29, 0.717) is 35.8 Å². The van der Waals surface area contributed by atoms with Gasteiger partial charge in [0.2, 0.25) is 5.88 Å². The van der Waals surface area contributed by atoms with Gasteiger partial charge in [-0.25, -0.2) is 22.9 Å². The van der Waals surface area contributed by atoms with Crippen LogP contribution in [0.1, 0.15) is 56.3 Å². The van der Waals surface area contributed by atoms with Crippen molar-refractivity contribution in [2.45, 2.75) is 62.5 Å². The number of hydrogen-bond acceptors (Lipinski definition) is 8. The summed E-state index contributed by atoms with van der Waals surface area (Å²) in [6.07, 6.45) is 3.08. The Morgan fingerprint density at radius 2 is 1.72 bits per heavy atom. The molecule has 2 heterocycles. The number of rotatable bonds is 10. The SMILES string of the molecule is COc1cc(Cc2nccc(Oc3ccc(NC(=O)Nc4cc(C(C)(C)C)nn4-c4ccc(C)cc4)c(Cl)c3Cl)n2)cc(S(=O)(=O)C2CC2)c1. The number of nitrogens with one attached hydrogen (secondary N) is 2. The van der Waals surface area contributed by atoms with Crippen LogP contribution in [-0.4, -0.2) is 46.6 Å². The number of sulfone groups is 1. The van der Waals surface area contributed by atoms with Gasteiger partial charge in [0, 0.05) is 30.2 Å². The van der Waals surface area contributed by atoms with Gasteiger partial charge in [0.25, 0.3) is 0 Å². The Morgan fingerprint density at radius 3 is 2.40 bits per heavy atom. The van der Waals surface area contributed by atoms with Gasteiger partial charge in [-0.05, 0) is 67.8 Å². The monoisotopic (exact) mass is 734 g/mol. The Balaban J connectivity index is 1.17. The van der Waals surface area contributed by atoms with E-state index in [1.165, 1.54) is 19.4 Å². The topological polar surface area (TPSA) is 137 Å². The molecule has 0 saturated heterocycles. The van der Waals surface area contributed by atoms with Crippen molar-refractivity contribution in [3.63, 3.8) is 0 Å². The largest absolute Gasteiger partial charge is 0.497 e. The van der Waals surface area contributed by atoms with Crippen molar-refractivity contribution < 1.29 is 22.7 Å². The third kappa shape index (κ3) is 7.88. The molecular weight excluding hydrogens is 699 g/mol. The molecule has 0 atom stereocenters. The van der Waals surface area contributed by atoms with Crippen LogP contribution in [0.2, 0.25) is 10.0 Å². The number of hydrogen-bond donors (Lipinski definition) is 2. The maximum Gasteiger partial charge on any atom is 0.324 e. The van der Waals surface area contributed by atoms with Crippen molar-refractivity contribution in [2.24, 2.45) is 0 Å². The highest BCUT2D eigenvalue weighted by atomic mass is 35.5. The molecule has 1 fully saturated rings. The summed E-state index contributed by atoms with van der Waals surface area (Å²) in [5.74, 6) is 1.71. The molecule has 0 bridgehead atoms. The average molecular weight is 736 g/mol. The molecule has 1 aliphatic carbocycles. The second-order valence-corrected chi connectivity index (χ2v) is 16.1. The summed E-state index contributed by atoms with van der Waals surface area (Å²) in [6.45, 7) is 8.15. The lowest BCUT2D eigenvalue weighted by Crippen LogP contribution is -2.21. The zero-order valence-corrected chi connectivity index (χ0v) is 30.4. The van der Waals surface area contributed by atoms with E-state index in [2.05, 4.69) is 20.6 Å². The number of carbonyl (C=O) groups is 1. The highest BCUT2D eigenvalue weighted by molar-refractivity contribution is 7.92. The van der Waals surface area contributed by atoms with E-state index in [4.69, 9.17) is 37.8 Å². The van der Waals surface area contributed by atoms with Crippen LogP contribution in [0.3, 0.4) is 0 Å². The molecule has 50 heavy (non-hydrogen) atoms. The Bertz CT molecular complexity index is 2180. The summed E-state index contributed by atoms with van der Waals surface area (Å²) >= 11 is 13.2. The van der Waals surface area contributed by atoms with Gasteiger partial charge < -0.3 is 14.8 Å². The van der Waals surface area contributed by atoms with Gasteiger partial charge in [-0.15, -0.1) is 0 Å². The summed E-state index contributed by atoms with van der Waals surface area (Å²) in [5.41, 5.74) is 3.39. The van der Waals surface area contributed by atoms with Crippen molar-refractivity contribution >= 4 is 50.6 Å². The lowest BCUT2D eigenvalue weighted by Gasteiger charge is -2.14. The number of aryl methyl sites for hydroxylation is 1. The number of halogens is 2. The highest BCUT2D eigenvalue weighted by Gasteiger charge is 2.37. The van der Waals surface area contributed by atoms with Crippen molar-refractivity contribution in [3.8, 4) is 23.1 Å². The molecule has 0 radical (unpaired) electrons. The molecular formula is C36H36Cl2N6O5S. The molecule has 0 aliphatic heterocycles. The normalized spacial score (nSPS) is 13.2. The minimum Gasteiger partial charge on any atom is -0.497 e. The number of aromatic nitrogens is 4. The quantitative estimate of drug-likeness (QED) is 0.146. The van der Waals surface area contributed by atoms with E-state index in [1.807, 2.05) is 58.0 Å². The van der Waals surface area contributed by atoms with Crippen LogP contribution in [0.5, 0.6) is 17.4 Å². The minimum atomic E-state index is -3.42. The first-order valence-corrected chi connectivity index (χ1v) is 18.2. The third-order valence-corrected chi connectivity index (χ3v) is 11.1. The van der Waals surface area contributed by atoms with Crippen LogP contribution >= 0.6 is 23.2 Å². The molecule has 2 N–H and O–H groups in total. The molecule has 5 aromatic rings. The number of methoxy groups -OCH3 is 1. The molecule has 6 rings (SSSR count). The molecule has 3 aromatic carbocycles. The fourth-order valence-electron chi connectivity index (χ4n) is 5.10. The smallest absolute Gasteiger partial charge is 0.324 e. The lowest BCUT2D eigenvalue weighted by molar-refractivity contribution is 0.262. The molecule has 260 valence electrons. The van der Waals surface area contributed by atoms with Gasteiger partial charge in [-0.1, -0.05) is 61.7 Å². The third-order valence-electron chi connectivity index (χ3n) is 8.02. The average Bonchev–Trinajstić information content (AvgIpc) is 3.85. The van der Waals surface area contributed by atoms with Crippen LogP contribution < -0.4 is 20.1 Å². The van der Waals surface area contributed by atoms with Crippen LogP contribution in [0.4, 0.5) is 16.3 Å². The van der Waals surface area contributed by atoms with Gasteiger partial charge in [0.1, 0.15) is 28.2 Å². The Labute approximate surface area is 300 Å². The van der Waals surface area contributed by atoms with E-state index in [-0.39, 0.29) is 49.3 Å². The first kappa shape index (κ1) is 35.2. The van der Waals surface area contributed by atoms with Crippen molar-refractivity contribution in [2.75, 3.05) is 17.7 Å². The van der Waals surface area contributed by atoms with Gasteiger partial charge >= 0.3 is 6.03 Å². The van der Waals surface area contributed by atoms with E-state index in [0.717, 1.165) is 16.9 Å². The maximum atomic E-state index is 13.2. The lowest BCUT2D eigenvalue weighted by atomic mass is 9.92. The first-order chi connectivity index (χ1) is 23.7. The summed E-state index contributed by atoms with van der Waals surface area (Å²) in [5, 5.41) is 10.2. The zero-order chi connectivity index (χ0) is 35.8. The molecule has 11 nitrogen and oxygen atoms in total. The van der Waals surface area contributed by atoms with Crippen molar-refractivity contribution in [1.29, 1.82) is 0 Å². The molecule has 2 amide bonds. The highest BCUT2D eigenvalue weighted by Crippen LogP contribution is 2.40. The second kappa shape index (κ2) is 13.9. The van der Waals surface area contributed by atoms with E-state index in [1.54, 1.807) is 35.0 Å². The van der Waals surface area contributed by atoms with Crippen molar-refractivity contribution in [3.05, 3.63) is 106 Å². The van der Waals surface area contributed by atoms with Gasteiger partial charge in [0.15, 0.2) is 9.84 Å². The summed E-state index contributed by atoms with van der Waals surface area (Å²) < 4.78 is 38.8. The minimum absolute atomic E-state index is 0.0621. The standard InChI is InChI=1S/C36H36Cl2N6O5S/c1-21-6-8-23(9-7-21)44-31(20-29(43-44)36(2,3)4)42-35(45)40-27-12-13-28(34(38)33(27)37)49-32-14-15-39-30(41-32)18-22-16-24(48-5)19-26(17-22)50(46,47)25-10-11-25/h6-9,12-17,19-20,25H,10-11,18H2,1-5H3,(H2,40,42,45). The molecule has 1 aliphatic rings. The second-order valence-electron chi connectivity index (χ2n) is 13.1. The summed E-state index contributed by atoms with van der Waals surface area (Å²) in [4.78, 5) is 22.2. The van der Waals surface area contributed by atoms with Crippen LogP contribution in [-0.2, 0) is 21.7 Å². The van der Waals surface area contributed by atoms with Gasteiger partial charge in [0.05, 0.1) is 39.3 Å². The number of anilines is 2. The fraction of sp³-hybridized carbons (Fsp3) is 0.278. The number of amides is 2. The predicted molar refractivity (Wildman–Crippen MR) is 194 cm³/mol. The Hall–Kier alpha value is -4.65. The predicted octanol–water partition coefficient (Wildman–Crippen LogP) is 8.55. The molecule has 0 unspecified atom stereocenters. The van der Waals surface area contributed by atoms with E-state index < -0.39 is 15.9 Å². The molecule has 2 aromatic heterocycles. The molecule has 0 spiro atoms. The Kier molecular flexibility index (Phi) is 9.80. The molecule has 1 saturated carbocycles. The number of ether oxygens (including phenoxy) is 2. The Morgan fingerprint density at radius 1 is 0.980 bits per heavy atom. The van der Waals surface area contributed by atoms with Crippen LogP contribution in [0.15, 0.2) is 77.8 Å². The van der Waals surface area contributed by atoms with Gasteiger partial charge in [-0.2, -0.15) is 10.1 Å². The van der Waals surface area contributed by atoms with Crippen molar-refractivity contribution in [1.82, 2.24) is 19.7 Å². The summed E-state index contributed by atoms with van der Waals surface area (Å²) in [7, 11) is -1.93. The maximum absolute atomic E-state index is 13.2. The molecule has 14 heteroatoms. The zero-order valence-electron chi connectivity index (χ0n) is 28.1. The van der Waals surface area contributed by atoms with Crippen LogP contribution in [0.25, 0.3) is 5.69 Å². The number of benzene rings is 3. The number of carbonyl (C=O) groups excluding carboxylic acids is 1. The first-order valence-electron chi connectivity index (χ1n) is 15.9. The number of nitrogens with zero attached hydrogens (tertiary/aromatic N) is 4. The van der Waals surface area contributed by atoms with E-state index in [9.17, 15) is 13.2 Å². The number of urea groups is 1. The summed E-state index contributed by atoms with van der Waals surface area (Å²) in [6, 6.07) is 18.7. The van der Waals surface area contributed by atoms with E-state index >= 15 is 0 Å². The fourth-order valence-corrected chi connectivity index (χ4v) is 7.24. The van der Waals surface area contributed by atoms with Crippen LogP contribution in [0, 0.1) is 6.92 Å². The van der Waals surface area contributed by atoms with Gasteiger partial charge in [-0.3, -0.25) is 5.32 Å².